The van der Waals surface area contributed by atoms with Gasteiger partial charge in [-0.1, -0.05) is 34.1 Å². The van der Waals surface area contributed by atoms with Crippen LogP contribution in [-0.2, 0) is 16.1 Å². The summed E-state index contributed by atoms with van der Waals surface area (Å²) in [7, 11) is 5.06. The quantitative estimate of drug-likeness (QED) is 0.505. The van der Waals surface area contributed by atoms with Crippen LogP contribution >= 0.6 is 15.9 Å². The number of methoxy groups -OCH3 is 1. The van der Waals surface area contributed by atoms with Gasteiger partial charge in [0, 0.05) is 31.7 Å². The monoisotopic (exact) mass is 341 g/mol. The number of nitrogens with one attached hydrogen (secondary N) is 1. The molecule has 0 aliphatic heterocycles. The van der Waals surface area contributed by atoms with E-state index in [-0.39, 0.29) is 5.97 Å². The van der Waals surface area contributed by atoms with Crippen LogP contribution in [0.3, 0.4) is 0 Å². The fourth-order valence-corrected chi connectivity index (χ4v) is 2.13. The number of nitrogens with zero attached hydrogens (tertiary/aromatic N) is 2. The summed E-state index contributed by atoms with van der Waals surface area (Å²) in [6.45, 7) is 1.22. The Hall–Kier alpha value is -1.56. The molecule has 0 bridgehead atoms. The molecule has 110 valence electrons. The van der Waals surface area contributed by atoms with Crippen molar-refractivity contribution in [2.24, 2.45) is 4.99 Å². The molecule has 1 aromatic rings. The molecule has 0 aromatic heterocycles. The molecule has 0 unspecified atom stereocenters. The summed E-state index contributed by atoms with van der Waals surface area (Å²) in [5, 5.41) is 3.13. The molecule has 0 aliphatic carbocycles. The molecule has 0 fully saturated rings. The Morgan fingerprint density at radius 1 is 1.45 bits per heavy atom. The van der Waals surface area contributed by atoms with Crippen LogP contribution in [0.2, 0.25) is 0 Å². The van der Waals surface area contributed by atoms with Crippen LogP contribution in [0.4, 0.5) is 0 Å². The van der Waals surface area contributed by atoms with E-state index in [0.29, 0.717) is 13.0 Å². The van der Waals surface area contributed by atoms with Gasteiger partial charge in [-0.15, -0.1) is 0 Å². The van der Waals surface area contributed by atoms with Crippen molar-refractivity contribution in [3.8, 4) is 0 Å². The van der Waals surface area contributed by atoms with E-state index in [9.17, 15) is 4.79 Å². The number of ether oxygens (including phenoxy) is 1. The van der Waals surface area contributed by atoms with E-state index in [1.54, 1.807) is 7.05 Å². The normalized spacial score (nSPS) is 11.1. The number of hydrogen-bond acceptors (Lipinski definition) is 3. The SMILES string of the molecule is CN=C(NCCC(=O)OC)N(C)Cc1ccccc1Br. The smallest absolute Gasteiger partial charge is 0.307 e. The third-order valence-corrected chi connectivity index (χ3v) is 3.55. The lowest BCUT2D eigenvalue weighted by molar-refractivity contribution is -0.140. The van der Waals surface area contributed by atoms with Crippen molar-refractivity contribution in [3.63, 3.8) is 0 Å². The maximum absolute atomic E-state index is 11.1. The minimum atomic E-state index is -0.235. The van der Waals surface area contributed by atoms with Crippen molar-refractivity contribution in [1.82, 2.24) is 10.2 Å². The van der Waals surface area contributed by atoms with Crippen LogP contribution < -0.4 is 5.32 Å². The molecule has 0 saturated carbocycles. The van der Waals surface area contributed by atoms with Crippen LogP contribution in [0.1, 0.15) is 12.0 Å². The summed E-state index contributed by atoms with van der Waals surface area (Å²) >= 11 is 3.53. The van der Waals surface area contributed by atoms with E-state index in [2.05, 4.69) is 37.0 Å². The number of halogens is 1. The van der Waals surface area contributed by atoms with E-state index in [4.69, 9.17) is 0 Å². The zero-order valence-electron chi connectivity index (χ0n) is 12.0. The molecule has 0 heterocycles. The van der Waals surface area contributed by atoms with Gasteiger partial charge < -0.3 is 15.0 Å². The first-order valence-electron chi connectivity index (χ1n) is 6.30. The Labute approximate surface area is 128 Å². The number of guanidine groups is 1. The molecule has 20 heavy (non-hydrogen) atoms. The zero-order valence-corrected chi connectivity index (χ0v) is 13.6. The van der Waals surface area contributed by atoms with Crippen LogP contribution in [0, 0.1) is 0 Å². The van der Waals surface area contributed by atoms with Gasteiger partial charge in [0.1, 0.15) is 0 Å². The van der Waals surface area contributed by atoms with Crippen LogP contribution in [-0.4, -0.2) is 44.6 Å². The van der Waals surface area contributed by atoms with Crippen molar-refractivity contribution in [2.75, 3.05) is 27.7 Å². The fourth-order valence-electron chi connectivity index (χ4n) is 1.72. The molecule has 1 aromatic carbocycles. The highest BCUT2D eigenvalue weighted by molar-refractivity contribution is 9.10. The zero-order chi connectivity index (χ0) is 15.0. The van der Waals surface area contributed by atoms with Gasteiger partial charge in [0.25, 0.3) is 0 Å². The van der Waals surface area contributed by atoms with Gasteiger partial charge in [0.2, 0.25) is 0 Å². The summed E-state index contributed by atoms with van der Waals surface area (Å²) in [5.41, 5.74) is 1.17. The fraction of sp³-hybridized carbons (Fsp3) is 0.429. The van der Waals surface area contributed by atoms with E-state index in [0.717, 1.165) is 17.0 Å². The molecule has 6 heteroatoms. The molecular formula is C14H20BrN3O2. The van der Waals surface area contributed by atoms with Crippen LogP contribution in [0.15, 0.2) is 33.7 Å². The molecule has 0 aliphatic rings. The van der Waals surface area contributed by atoms with Gasteiger partial charge in [0.05, 0.1) is 13.5 Å². The number of hydrogen-bond donors (Lipinski definition) is 1. The molecule has 1 N–H and O–H groups in total. The highest BCUT2D eigenvalue weighted by Gasteiger charge is 2.09. The predicted octanol–water partition coefficient (Wildman–Crippen LogP) is 2.02. The number of benzene rings is 1. The topological polar surface area (TPSA) is 53.9 Å². The molecule has 1 rings (SSSR count). The summed E-state index contributed by atoms with van der Waals surface area (Å²) in [5.74, 6) is 0.506. The standard InChI is InChI=1S/C14H20BrN3O2/c1-16-14(17-9-8-13(19)20-3)18(2)10-11-6-4-5-7-12(11)15/h4-7H,8-10H2,1-3H3,(H,16,17). The maximum atomic E-state index is 11.1. The predicted molar refractivity (Wildman–Crippen MR) is 83.6 cm³/mol. The minimum Gasteiger partial charge on any atom is -0.469 e. The second kappa shape index (κ2) is 8.58. The Morgan fingerprint density at radius 3 is 2.75 bits per heavy atom. The van der Waals surface area contributed by atoms with Crippen LogP contribution in [0.25, 0.3) is 0 Å². The molecule has 0 radical (unpaired) electrons. The first kappa shape index (κ1) is 16.5. The molecule has 0 spiro atoms. The summed E-state index contributed by atoms with van der Waals surface area (Å²) in [4.78, 5) is 17.3. The highest BCUT2D eigenvalue weighted by Crippen LogP contribution is 2.17. The lowest BCUT2D eigenvalue weighted by Gasteiger charge is -2.22. The molecule has 5 nitrogen and oxygen atoms in total. The largest absolute Gasteiger partial charge is 0.469 e. The van der Waals surface area contributed by atoms with Crippen molar-refractivity contribution < 1.29 is 9.53 Å². The summed E-state index contributed by atoms with van der Waals surface area (Å²) in [6.07, 6.45) is 0.318. The molecular weight excluding hydrogens is 322 g/mol. The first-order chi connectivity index (χ1) is 9.58. The van der Waals surface area contributed by atoms with Gasteiger partial charge in [-0.2, -0.15) is 0 Å². The first-order valence-corrected chi connectivity index (χ1v) is 7.09. The molecule has 0 atom stereocenters. The molecule has 0 saturated heterocycles. The van der Waals surface area contributed by atoms with E-state index < -0.39 is 0 Å². The maximum Gasteiger partial charge on any atom is 0.307 e. The van der Waals surface area contributed by atoms with E-state index in [1.165, 1.54) is 12.7 Å². The number of aliphatic imine (C=N–C) groups is 1. The van der Waals surface area contributed by atoms with Crippen molar-refractivity contribution in [1.29, 1.82) is 0 Å². The van der Waals surface area contributed by atoms with E-state index in [1.807, 2.05) is 30.1 Å². The van der Waals surface area contributed by atoms with Crippen molar-refractivity contribution in [3.05, 3.63) is 34.3 Å². The Kier molecular flexibility index (Phi) is 7.08. The number of rotatable bonds is 5. The van der Waals surface area contributed by atoms with Gasteiger partial charge in [-0.25, -0.2) is 0 Å². The van der Waals surface area contributed by atoms with Crippen molar-refractivity contribution in [2.45, 2.75) is 13.0 Å². The molecule has 0 amide bonds. The number of carbonyl (C=O) groups is 1. The number of carbonyl (C=O) groups excluding carboxylic acids is 1. The summed E-state index contributed by atoms with van der Waals surface area (Å²) in [6, 6.07) is 8.05. The van der Waals surface area contributed by atoms with Crippen molar-refractivity contribution >= 4 is 27.9 Å². The second-order valence-corrected chi connectivity index (χ2v) is 5.10. The average molecular weight is 342 g/mol. The number of esters is 1. The third-order valence-electron chi connectivity index (χ3n) is 2.78. The Balaban J connectivity index is 2.53. The van der Waals surface area contributed by atoms with Gasteiger partial charge in [-0.05, 0) is 11.6 Å². The summed E-state index contributed by atoms with van der Waals surface area (Å²) < 4.78 is 5.67. The lowest BCUT2D eigenvalue weighted by Crippen LogP contribution is -2.39. The van der Waals surface area contributed by atoms with Gasteiger partial charge >= 0.3 is 5.97 Å². The highest BCUT2D eigenvalue weighted by atomic mass is 79.9. The third kappa shape index (κ3) is 5.21. The minimum absolute atomic E-state index is 0.235. The van der Waals surface area contributed by atoms with E-state index >= 15 is 0 Å². The van der Waals surface area contributed by atoms with Gasteiger partial charge in [-0.3, -0.25) is 9.79 Å². The Bertz CT molecular complexity index is 477. The van der Waals surface area contributed by atoms with Crippen LogP contribution in [0.5, 0.6) is 0 Å². The van der Waals surface area contributed by atoms with Gasteiger partial charge in [0.15, 0.2) is 5.96 Å². The Morgan fingerprint density at radius 2 is 2.15 bits per heavy atom. The second-order valence-electron chi connectivity index (χ2n) is 4.25. The lowest BCUT2D eigenvalue weighted by atomic mass is 10.2. The average Bonchev–Trinajstić information content (AvgIpc) is 2.45.